The number of urea groups is 1. The third-order valence-electron chi connectivity index (χ3n) is 7.14. The first-order valence-electron chi connectivity index (χ1n) is 13.5. The van der Waals surface area contributed by atoms with Crippen molar-refractivity contribution in [2.45, 2.75) is 45.3 Å². The Kier molecular flexibility index (Phi) is 7.48. The Morgan fingerprint density at radius 3 is 2.58 bits per heavy atom. The predicted octanol–water partition coefficient (Wildman–Crippen LogP) is 6.35. The molecule has 0 radical (unpaired) electrons. The zero-order valence-corrected chi connectivity index (χ0v) is 23.1. The van der Waals surface area contributed by atoms with E-state index in [-0.39, 0.29) is 17.9 Å². The molecule has 0 unspecified atom stereocenters. The van der Waals surface area contributed by atoms with Crippen LogP contribution in [0.15, 0.2) is 54.7 Å². The number of carbonyl (C=O) groups excluding carboxylic acids is 1. The first kappa shape index (κ1) is 27.5. The van der Waals surface area contributed by atoms with Crippen LogP contribution in [0.1, 0.15) is 44.1 Å². The van der Waals surface area contributed by atoms with Gasteiger partial charge in [-0.2, -0.15) is 18.3 Å². The van der Waals surface area contributed by atoms with E-state index in [0.717, 1.165) is 30.4 Å². The quantitative estimate of drug-likeness (QED) is 0.302. The monoisotopic (exact) mass is 553 g/mol. The van der Waals surface area contributed by atoms with Crippen molar-refractivity contribution in [2.75, 3.05) is 37.4 Å². The van der Waals surface area contributed by atoms with Gasteiger partial charge in [0.05, 0.1) is 11.2 Å². The summed E-state index contributed by atoms with van der Waals surface area (Å²) in [4.78, 5) is 21.8. The van der Waals surface area contributed by atoms with Crippen LogP contribution in [0.5, 0.6) is 0 Å². The second-order valence-corrected chi connectivity index (χ2v) is 10.9. The van der Waals surface area contributed by atoms with Crippen molar-refractivity contribution in [3.63, 3.8) is 0 Å². The number of likely N-dealkylation sites (tertiary alicyclic amines) is 1. The van der Waals surface area contributed by atoms with Crippen molar-refractivity contribution in [1.82, 2.24) is 24.1 Å². The molecule has 0 bridgehead atoms. The summed E-state index contributed by atoms with van der Waals surface area (Å²) in [5.41, 5.74) is 2.32. The molecule has 3 aromatic heterocycles. The van der Waals surface area contributed by atoms with E-state index in [4.69, 9.17) is 4.98 Å². The summed E-state index contributed by atoms with van der Waals surface area (Å²) in [6, 6.07) is 14.1. The van der Waals surface area contributed by atoms with Gasteiger partial charge in [-0.25, -0.2) is 9.78 Å². The topological polar surface area (TPSA) is 70.7 Å². The number of amides is 2. The van der Waals surface area contributed by atoms with Gasteiger partial charge in [0, 0.05) is 57.2 Å². The average molecular weight is 554 g/mol. The number of benzene rings is 1. The zero-order valence-electron chi connectivity index (χ0n) is 23.1. The third-order valence-corrected chi connectivity index (χ3v) is 7.14. The van der Waals surface area contributed by atoms with Crippen LogP contribution in [0.2, 0.25) is 0 Å². The Morgan fingerprint density at radius 2 is 1.90 bits per heavy atom. The molecular weight excluding hydrogens is 519 g/mol. The van der Waals surface area contributed by atoms with Gasteiger partial charge in [-0.1, -0.05) is 19.9 Å². The summed E-state index contributed by atoms with van der Waals surface area (Å²) in [6.45, 7) is 5.28. The Labute approximate surface area is 231 Å². The second kappa shape index (κ2) is 10.9. The standard InChI is InChI=1S/C29H34F3N7O/c1-19(2)17-39-24(16-25(35-39)29(30,31)32)26-23-9-5-6-15-38(23)27(34-26)20-8-7-14-37(18-20)28(40)33-21-10-12-22(13-11-21)36(3)4/h5-6,9-13,15-16,19-20H,7-8,14,17-18H2,1-4H3,(H,33,40)/t20-/m1/s1. The minimum atomic E-state index is -4.56. The lowest BCUT2D eigenvalue weighted by atomic mass is 9.97. The predicted molar refractivity (Wildman–Crippen MR) is 150 cm³/mol. The number of nitrogens with zero attached hydrogens (tertiary/aromatic N) is 6. The summed E-state index contributed by atoms with van der Waals surface area (Å²) < 4.78 is 44.2. The molecule has 1 N–H and O–H groups in total. The molecule has 212 valence electrons. The highest BCUT2D eigenvalue weighted by molar-refractivity contribution is 5.89. The molecule has 0 saturated carbocycles. The Balaban J connectivity index is 1.44. The summed E-state index contributed by atoms with van der Waals surface area (Å²) >= 11 is 0. The largest absolute Gasteiger partial charge is 0.435 e. The highest BCUT2D eigenvalue weighted by Crippen LogP contribution is 2.36. The fourth-order valence-electron chi connectivity index (χ4n) is 5.19. The Hall–Kier alpha value is -4.02. The van der Waals surface area contributed by atoms with Crippen LogP contribution in [0.3, 0.4) is 0 Å². The number of fused-ring (bicyclic) bond motifs is 1. The molecule has 1 atom stereocenters. The van der Waals surface area contributed by atoms with Crippen LogP contribution in [0.4, 0.5) is 29.3 Å². The highest BCUT2D eigenvalue weighted by Gasteiger charge is 2.36. The summed E-state index contributed by atoms with van der Waals surface area (Å²) in [5.74, 6) is 0.740. The number of hydrogen-bond donors (Lipinski definition) is 1. The molecule has 1 aromatic carbocycles. The number of aromatic nitrogens is 4. The van der Waals surface area contributed by atoms with Crippen molar-refractivity contribution in [1.29, 1.82) is 0 Å². The molecular formula is C29H34F3N7O. The van der Waals surface area contributed by atoms with Gasteiger partial charge in [0.25, 0.3) is 0 Å². The third kappa shape index (κ3) is 5.64. The molecule has 2 amide bonds. The van der Waals surface area contributed by atoms with E-state index in [1.807, 2.05) is 85.9 Å². The van der Waals surface area contributed by atoms with Crippen LogP contribution < -0.4 is 10.2 Å². The SMILES string of the molecule is CC(C)Cn1nc(C(F)(F)F)cc1-c1nc([C@@H]2CCCN(C(=O)Nc3ccc(N(C)C)cc3)C2)n2ccccc12. The van der Waals surface area contributed by atoms with Gasteiger partial charge in [0.1, 0.15) is 11.5 Å². The number of pyridine rings is 1. The van der Waals surface area contributed by atoms with Gasteiger partial charge in [0.2, 0.25) is 0 Å². The van der Waals surface area contributed by atoms with E-state index in [1.54, 1.807) is 4.90 Å². The van der Waals surface area contributed by atoms with Crippen LogP contribution in [-0.4, -0.2) is 57.3 Å². The van der Waals surface area contributed by atoms with Gasteiger partial charge in [-0.3, -0.25) is 4.68 Å². The van der Waals surface area contributed by atoms with Gasteiger partial charge in [0.15, 0.2) is 5.69 Å². The number of carbonyl (C=O) groups is 1. The first-order valence-corrected chi connectivity index (χ1v) is 13.5. The minimum absolute atomic E-state index is 0.0807. The van der Waals surface area contributed by atoms with Gasteiger partial charge in [-0.05, 0) is 61.2 Å². The van der Waals surface area contributed by atoms with Gasteiger partial charge >= 0.3 is 12.2 Å². The summed E-state index contributed by atoms with van der Waals surface area (Å²) in [5, 5.41) is 6.88. The lowest BCUT2D eigenvalue weighted by molar-refractivity contribution is -0.141. The molecule has 40 heavy (non-hydrogen) atoms. The normalized spacial score (nSPS) is 16.1. The molecule has 4 heterocycles. The van der Waals surface area contributed by atoms with Crippen LogP contribution in [0, 0.1) is 5.92 Å². The Bertz CT molecular complexity index is 1490. The number of halogens is 3. The van der Waals surface area contributed by atoms with Crippen LogP contribution in [0.25, 0.3) is 16.9 Å². The molecule has 1 fully saturated rings. The molecule has 11 heteroatoms. The summed E-state index contributed by atoms with van der Waals surface area (Å²) in [6.07, 6.45) is -1.08. The van der Waals surface area contributed by atoms with Crippen LogP contribution in [-0.2, 0) is 12.7 Å². The van der Waals surface area contributed by atoms with Crippen molar-refractivity contribution in [2.24, 2.45) is 5.92 Å². The van der Waals surface area contributed by atoms with Gasteiger partial charge in [-0.15, -0.1) is 0 Å². The second-order valence-electron chi connectivity index (χ2n) is 10.9. The van der Waals surface area contributed by atoms with E-state index in [9.17, 15) is 18.0 Å². The van der Waals surface area contributed by atoms with Crippen LogP contribution >= 0.6 is 0 Å². The molecule has 0 spiro atoms. The fourth-order valence-corrected chi connectivity index (χ4v) is 5.19. The average Bonchev–Trinajstić information content (AvgIpc) is 3.50. The first-order chi connectivity index (χ1) is 19.0. The number of hydrogen-bond acceptors (Lipinski definition) is 4. The molecule has 1 aliphatic rings. The maximum atomic E-state index is 13.6. The maximum absolute atomic E-state index is 13.6. The number of nitrogens with one attached hydrogen (secondary N) is 1. The number of imidazole rings is 1. The molecule has 4 aromatic rings. The van der Waals surface area contributed by atoms with Gasteiger partial charge < -0.3 is 19.5 Å². The van der Waals surface area contributed by atoms with E-state index in [0.29, 0.717) is 42.2 Å². The van der Waals surface area contributed by atoms with E-state index < -0.39 is 11.9 Å². The van der Waals surface area contributed by atoms with E-state index in [1.165, 1.54) is 4.68 Å². The van der Waals surface area contributed by atoms with Crippen molar-refractivity contribution in [3.05, 3.63) is 66.2 Å². The minimum Gasteiger partial charge on any atom is -0.378 e. The highest BCUT2D eigenvalue weighted by atomic mass is 19.4. The summed E-state index contributed by atoms with van der Waals surface area (Å²) in [7, 11) is 3.92. The Morgan fingerprint density at radius 1 is 1.15 bits per heavy atom. The lowest BCUT2D eigenvalue weighted by Crippen LogP contribution is -2.42. The number of piperidine rings is 1. The van der Waals surface area contributed by atoms with Crippen molar-refractivity contribution >= 4 is 22.9 Å². The maximum Gasteiger partial charge on any atom is 0.435 e. The van der Waals surface area contributed by atoms with E-state index >= 15 is 0 Å². The molecule has 1 saturated heterocycles. The number of alkyl halides is 3. The molecule has 0 aliphatic carbocycles. The number of anilines is 2. The molecule has 8 nitrogen and oxygen atoms in total. The smallest absolute Gasteiger partial charge is 0.378 e. The zero-order chi connectivity index (χ0) is 28.6. The number of rotatable bonds is 6. The fraction of sp³-hybridized carbons (Fsp3) is 0.414. The molecule has 1 aliphatic heterocycles. The lowest BCUT2D eigenvalue weighted by Gasteiger charge is -2.32. The molecule has 5 rings (SSSR count). The van der Waals surface area contributed by atoms with Crippen molar-refractivity contribution in [3.8, 4) is 11.4 Å². The van der Waals surface area contributed by atoms with E-state index in [2.05, 4.69) is 10.4 Å². The van der Waals surface area contributed by atoms with Crippen molar-refractivity contribution < 1.29 is 18.0 Å².